The topological polar surface area (TPSA) is 23.5 Å². The quantitative estimate of drug-likeness (QED) is 0.543. The Morgan fingerprint density at radius 2 is 2.30 bits per heavy atom. The van der Waals surface area contributed by atoms with E-state index in [1.165, 1.54) is 16.2 Å². The monoisotopic (exact) mass is 135 g/mol. The fraction of sp³-hybridized carbons (Fsp3) is 0.250. The zero-order valence-corrected chi connectivity index (χ0v) is 5.62. The van der Waals surface area contributed by atoms with E-state index in [0.717, 1.165) is 6.42 Å². The maximum Gasteiger partial charge on any atom is 0.0668 e. The normalized spacial score (nSPS) is 22.3. The van der Waals surface area contributed by atoms with Crippen LogP contribution in [-0.2, 0) is 0 Å². The van der Waals surface area contributed by atoms with E-state index in [1.54, 1.807) is 6.20 Å². The van der Waals surface area contributed by atoms with Crippen LogP contribution < -0.4 is 0 Å². The number of rotatable bonds is 0. The summed E-state index contributed by atoms with van der Waals surface area (Å²) in [6.07, 6.45) is 8.83. The predicted octanol–water partition coefficient (Wildman–Crippen LogP) is 1.46. The Kier molecular flexibility index (Phi) is 1.14. The third-order valence-electron chi connectivity index (χ3n) is 1.85. The molecular formula is C8H9NO. The van der Waals surface area contributed by atoms with Crippen LogP contribution in [0.25, 0.3) is 0 Å². The summed E-state index contributed by atoms with van der Waals surface area (Å²) >= 11 is 0. The van der Waals surface area contributed by atoms with E-state index in [-0.39, 0.29) is 0 Å². The fourth-order valence-corrected chi connectivity index (χ4v) is 1.31. The molecule has 2 rings (SSSR count). The molecule has 0 radical (unpaired) electrons. The van der Waals surface area contributed by atoms with E-state index in [1.807, 2.05) is 6.08 Å². The van der Waals surface area contributed by atoms with Gasteiger partial charge in [0, 0.05) is 6.20 Å². The number of allylic oxidation sites excluding steroid dienone is 4. The lowest BCUT2D eigenvalue weighted by molar-refractivity contribution is -0.0333. The minimum atomic E-state index is 0.666. The van der Waals surface area contributed by atoms with Gasteiger partial charge in [-0.1, -0.05) is 12.2 Å². The van der Waals surface area contributed by atoms with Gasteiger partial charge in [0.1, 0.15) is 0 Å². The van der Waals surface area contributed by atoms with E-state index in [0.29, 0.717) is 6.54 Å². The van der Waals surface area contributed by atoms with Gasteiger partial charge < -0.3 is 0 Å². The highest BCUT2D eigenvalue weighted by atomic mass is 16.5. The molecule has 2 nitrogen and oxygen atoms in total. The van der Waals surface area contributed by atoms with Crippen LogP contribution in [0, 0.1) is 0 Å². The van der Waals surface area contributed by atoms with Crippen molar-refractivity contribution in [3.63, 3.8) is 0 Å². The SMILES string of the molecule is ON1C=CC2=C(CC=C2)C1. The molecule has 0 spiro atoms. The van der Waals surface area contributed by atoms with Crippen LogP contribution in [0.5, 0.6) is 0 Å². The van der Waals surface area contributed by atoms with Gasteiger partial charge in [-0.3, -0.25) is 10.3 Å². The minimum Gasteiger partial charge on any atom is -0.289 e. The maximum atomic E-state index is 9.04. The molecule has 0 fully saturated rings. The van der Waals surface area contributed by atoms with Crippen LogP contribution in [0.2, 0.25) is 0 Å². The summed E-state index contributed by atoms with van der Waals surface area (Å²) in [5, 5.41) is 10.3. The summed E-state index contributed by atoms with van der Waals surface area (Å²) in [5.74, 6) is 0. The fourth-order valence-electron chi connectivity index (χ4n) is 1.31. The Morgan fingerprint density at radius 3 is 3.20 bits per heavy atom. The zero-order valence-electron chi connectivity index (χ0n) is 5.62. The first-order chi connectivity index (χ1) is 4.86. The lowest BCUT2D eigenvalue weighted by atomic mass is 10.1. The van der Waals surface area contributed by atoms with Crippen molar-refractivity contribution in [1.82, 2.24) is 5.06 Å². The third kappa shape index (κ3) is 0.772. The number of hydroxylamine groups is 2. The Labute approximate surface area is 59.7 Å². The molecular weight excluding hydrogens is 126 g/mol. The first-order valence-electron chi connectivity index (χ1n) is 3.38. The van der Waals surface area contributed by atoms with Gasteiger partial charge in [-0.15, -0.1) is 0 Å². The third-order valence-corrected chi connectivity index (χ3v) is 1.85. The molecule has 0 aromatic carbocycles. The van der Waals surface area contributed by atoms with Crippen molar-refractivity contribution in [2.45, 2.75) is 6.42 Å². The summed E-state index contributed by atoms with van der Waals surface area (Å²) in [6, 6.07) is 0. The number of hydrogen-bond acceptors (Lipinski definition) is 2. The second kappa shape index (κ2) is 1.99. The molecule has 0 atom stereocenters. The van der Waals surface area contributed by atoms with E-state index < -0.39 is 0 Å². The summed E-state index contributed by atoms with van der Waals surface area (Å²) in [6.45, 7) is 0.666. The van der Waals surface area contributed by atoms with Crippen LogP contribution in [0.4, 0.5) is 0 Å². The molecule has 1 N–H and O–H groups in total. The van der Waals surface area contributed by atoms with E-state index in [9.17, 15) is 0 Å². The van der Waals surface area contributed by atoms with Crippen LogP contribution in [-0.4, -0.2) is 16.8 Å². The molecule has 0 aromatic rings. The standard InChI is InChI=1S/C8H9NO/c10-9-5-4-7-2-1-3-8(7)6-9/h1-2,4-5,10H,3,6H2. The Hall–Kier alpha value is -1.02. The molecule has 2 heteroatoms. The lowest BCUT2D eigenvalue weighted by Crippen LogP contribution is -2.17. The first kappa shape index (κ1) is 5.74. The Bertz CT molecular complexity index is 238. The van der Waals surface area contributed by atoms with Crippen LogP contribution in [0.3, 0.4) is 0 Å². The molecule has 1 aliphatic heterocycles. The molecule has 0 aromatic heterocycles. The van der Waals surface area contributed by atoms with Crippen molar-refractivity contribution in [2.24, 2.45) is 0 Å². The zero-order chi connectivity index (χ0) is 6.97. The second-order valence-electron chi connectivity index (χ2n) is 2.58. The molecule has 0 unspecified atom stereocenters. The highest BCUT2D eigenvalue weighted by Gasteiger charge is 2.12. The lowest BCUT2D eigenvalue weighted by Gasteiger charge is -2.17. The van der Waals surface area contributed by atoms with Gasteiger partial charge in [-0.05, 0) is 23.6 Å². The Balaban J connectivity index is 2.28. The molecule has 2 aliphatic rings. The predicted molar refractivity (Wildman–Crippen MR) is 38.4 cm³/mol. The van der Waals surface area contributed by atoms with Crippen LogP contribution >= 0.6 is 0 Å². The second-order valence-corrected chi connectivity index (χ2v) is 2.58. The molecule has 1 heterocycles. The number of hydrogen-bond donors (Lipinski definition) is 1. The van der Waals surface area contributed by atoms with Gasteiger partial charge in [0.05, 0.1) is 6.54 Å². The van der Waals surface area contributed by atoms with E-state index >= 15 is 0 Å². The largest absolute Gasteiger partial charge is 0.289 e. The molecule has 52 valence electrons. The summed E-state index contributed by atoms with van der Waals surface area (Å²) in [4.78, 5) is 0. The smallest absolute Gasteiger partial charge is 0.0668 e. The van der Waals surface area contributed by atoms with Crippen LogP contribution in [0.1, 0.15) is 6.42 Å². The van der Waals surface area contributed by atoms with Crippen molar-refractivity contribution in [1.29, 1.82) is 0 Å². The van der Waals surface area contributed by atoms with Gasteiger partial charge in [0.2, 0.25) is 0 Å². The average Bonchev–Trinajstić information content (AvgIpc) is 2.33. The van der Waals surface area contributed by atoms with Gasteiger partial charge in [0.25, 0.3) is 0 Å². The molecule has 0 saturated heterocycles. The summed E-state index contributed by atoms with van der Waals surface area (Å²) in [5.41, 5.74) is 2.58. The van der Waals surface area contributed by atoms with Crippen LogP contribution in [0.15, 0.2) is 35.6 Å². The van der Waals surface area contributed by atoms with Gasteiger partial charge in [-0.2, -0.15) is 0 Å². The highest BCUT2D eigenvalue weighted by Crippen LogP contribution is 2.23. The summed E-state index contributed by atoms with van der Waals surface area (Å²) < 4.78 is 0. The van der Waals surface area contributed by atoms with Gasteiger partial charge >= 0.3 is 0 Å². The molecule has 0 amide bonds. The average molecular weight is 135 g/mol. The van der Waals surface area contributed by atoms with Crippen molar-refractivity contribution in [3.8, 4) is 0 Å². The van der Waals surface area contributed by atoms with Crippen molar-refractivity contribution < 1.29 is 5.21 Å². The molecule has 0 saturated carbocycles. The minimum absolute atomic E-state index is 0.666. The maximum absolute atomic E-state index is 9.04. The molecule has 1 aliphatic carbocycles. The van der Waals surface area contributed by atoms with E-state index in [2.05, 4.69) is 12.2 Å². The van der Waals surface area contributed by atoms with Gasteiger partial charge in [0.15, 0.2) is 0 Å². The summed E-state index contributed by atoms with van der Waals surface area (Å²) in [7, 11) is 0. The molecule has 10 heavy (non-hydrogen) atoms. The Morgan fingerprint density at radius 1 is 1.40 bits per heavy atom. The van der Waals surface area contributed by atoms with Crippen molar-refractivity contribution in [3.05, 3.63) is 35.6 Å². The van der Waals surface area contributed by atoms with Gasteiger partial charge in [-0.25, -0.2) is 0 Å². The van der Waals surface area contributed by atoms with E-state index in [4.69, 9.17) is 5.21 Å². The van der Waals surface area contributed by atoms with Crippen molar-refractivity contribution >= 4 is 0 Å². The number of nitrogens with zero attached hydrogens (tertiary/aromatic N) is 1. The highest BCUT2D eigenvalue weighted by molar-refractivity contribution is 5.43. The first-order valence-corrected chi connectivity index (χ1v) is 3.38. The van der Waals surface area contributed by atoms with Crippen molar-refractivity contribution in [2.75, 3.05) is 6.54 Å². The molecule has 0 bridgehead atoms.